The number of para-hydroxylation sites is 1. The maximum absolute atomic E-state index is 13.2. The van der Waals surface area contributed by atoms with Gasteiger partial charge >= 0.3 is 0 Å². The van der Waals surface area contributed by atoms with Crippen molar-refractivity contribution in [2.45, 2.75) is 26.8 Å². The second kappa shape index (κ2) is 8.82. The molecule has 4 rings (SSSR count). The lowest BCUT2D eigenvalue weighted by Gasteiger charge is -2.19. The summed E-state index contributed by atoms with van der Waals surface area (Å²) in [6.07, 6.45) is 0. The molecule has 33 heavy (non-hydrogen) atoms. The van der Waals surface area contributed by atoms with Crippen LogP contribution in [-0.2, 0) is 4.79 Å². The fraction of sp³-hybridized carbons (Fsp3) is 0.240. The van der Waals surface area contributed by atoms with Gasteiger partial charge in [0.25, 0.3) is 5.56 Å². The summed E-state index contributed by atoms with van der Waals surface area (Å²) in [4.78, 5) is 26.4. The number of hydrogen-bond acceptors (Lipinski definition) is 5. The quantitative estimate of drug-likeness (QED) is 0.483. The van der Waals surface area contributed by atoms with E-state index in [0.29, 0.717) is 22.8 Å². The first-order valence-corrected chi connectivity index (χ1v) is 10.6. The van der Waals surface area contributed by atoms with Crippen LogP contribution in [0.4, 0.5) is 5.69 Å². The van der Waals surface area contributed by atoms with Crippen LogP contribution in [0, 0.1) is 13.8 Å². The van der Waals surface area contributed by atoms with Crippen LogP contribution < -0.4 is 20.3 Å². The molecular weight excluding hydrogens is 420 g/mol. The topological polar surface area (TPSA) is 87.4 Å². The Morgan fingerprint density at radius 1 is 1.00 bits per heavy atom. The number of methoxy groups -OCH3 is 2. The van der Waals surface area contributed by atoms with Crippen molar-refractivity contribution in [2.75, 3.05) is 19.5 Å². The van der Waals surface area contributed by atoms with Crippen LogP contribution in [0.3, 0.4) is 0 Å². The second-order valence-electron chi connectivity index (χ2n) is 7.80. The lowest BCUT2D eigenvalue weighted by Crippen LogP contribution is -2.32. The molecule has 1 atom stereocenters. The fourth-order valence-electron chi connectivity index (χ4n) is 4.03. The zero-order valence-electron chi connectivity index (χ0n) is 19.2. The van der Waals surface area contributed by atoms with E-state index in [1.165, 1.54) is 11.7 Å². The van der Waals surface area contributed by atoms with Crippen LogP contribution in [0.1, 0.15) is 24.2 Å². The van der Waals surface area contributed by atoms with Crippen LogP contribution in [0.2, 0.25) is 0 Å². The van der Waals surface area contributed by atoms with Gasteiger partial charge in [0.1, 0.15) is 11.7 Å². The van der Waals surface area contributed by atoms with Crippen molar-refractivity contribution in [3.63, 3.8) is 0 Å². The summed E-state index contributed by atoms with van der Waals surface area (Å²) in [7, 11) is 3.08. The first-order chi connectivity index (χ1) is 15.8. The molecule has 0 aliphatic heterocycles. The summed E-state index contributed by atoms with van der Waals surface area (Å²) < 4.78 is 13.8. The van der Waals surface area contributed by atoms with Gasteiger partial charge in [-0.25, -0.2) is 4.68 Å². The Balaban J connectivity index is 1.81. The summed E-state index contributed by atoms with van der Waals surface area (Å²) in [5.74, 6) is 0.714. The minimum absolute atomic E-state index is 0.271. The Kier molecular flexibility index (Phi) is 5.91. The number of ether oxygens (including phenoxy) is 2. The van der Waals surface area contributed by atoms with E-state index in [4.69, 9.17) is 9.47 Å². The lowest BCUT2D eigenvalue weighted by atomic mass is 10.1. The van der Waals surface area contributed by atoms with Gasteiger partial charge in [-0.05, 0) is 50.6 Å². The molecule has 170 valence electrons. The molecule has 0 bridgehead atoms. The molecule has 0 aliphatic rings. The Labute approximate surface area is 191 Å². The van der Waals surface area contributed by atoms with E-state index in [1.54, 1.807) is 43.0 Å². The van der Waals surface area contributed by atoms with Crippen LogP contribution >= 0.6 is 0 Å². The summed E-state index contributed by atoms with van der Waals surface area (Å²) in [6.45, 7) is 5.48. The van der Waals surface area contributed by atoms with Gasteiger partial charge in [0.2, 0.25) is 5.91 Å². The normalized spacial score (nSPS) is 11.9. The molecule has 8 heteroatoms. The van der Waals surface area contributed by atoms with Gasteiger partial charge in [-0.3, -0.25) is 14.2 Å². The molecule has 2 aromatic carbocycles. The van der Waals surface area contributed by atoms with E-state index in [9.17, 15) is 9.59 Å². The number of benzene rings is 2. The van der Waals surface area contributed by atoms with Crippen molar-refractivity contribution < 1.29 is 14.3 Å². The second-order valence-corrected chi connectivity index (χ2v) is 7.80. The van der Waals surface area contributed by atoms with Crippen molar-refractivity contribution in [3.8, 4) is 17.2 Å². The van der Waals surface area contributed by atoms with Gasteiger partial charge in [0.05, 0.1) is 25.6 Å². The monoisotopic (exact) mass is 446 g/mol. The molecule has 0 fully saturated rings. The average molecular weight is 447 g/mol. The van der Waals surface area contributed by atoms with Crippen molar-refractivity contribution in [3.05, 3.63) is 76.2 Å². The van der Waals surface area contributed by atoms with Crippen LogP contribution in [0.5, 0.6) is 11.5 Å². The number of hydrogen-bond donors (Lipinski definition) is 1. The van der Waals surface area contributed by atoms with E-state index < -0.39 is 6.04 Å². The first-order valence-electron chi connectivity index (χ1n) is 10.6. The Bertz CT molecular complexity index is 1390. The molecule has 1 amide bonds. The third-order valence-electron chi connectivity index (χ3n) is 5.65. The van der Waals surface area contributed by atoms with Gasteiger partial charge < -0.3 is 14.8 Å². The summed E-state index contributed by atoms with van der Waals surface area (Å²) in [5, 5.41) is 8.41. The molecule has 4 aromatic rings. The summed E-state index contributed by atoms with van der Waals surface area (Å²) in [6, 6.07) is 15.4. The highest BCUT2D eigenvalue weighted by Crippen LogP contribution is 2.30. The van der Waals surface area contributed by atoms with E-state index in [-0.39, 0.29) is 11.5 Å². The number of anilines is 1. The first kappa shape index (κ1) is 22.1. The maximum atomic E-state index is 13.2. The third-order valence-corrected chi connectivity index (χ3v) is 5.65. The SMILES string of the molecule is COc1ccc(NC(=O)C(C)n2c(=O)cc(C)c3c(C)nn(-c4ccccc4)c32)cc1OC. The van der Waals surface area contributed by atoms with E-state index in [2.05, 4.69) is 10.4 Å². The molecule has 0 radical (unpaired) electrons. The number of amides is 1. The highest BCUT2D eigenvalue weighted by atomic mass is 16.5. The molecular formula is C25H26N4O4. The molecule has 1 unspecified atom stereocenters. The predicted molar refractivity (Wildman–Crippen MR) is 128 cm³/mol. The Morgan fingerprint density at radius 3 is 2.36 bits per heavy atom. The fourth-order valence-corrected chi connectivity index (χ4v) is 4.03. The lowest BCUT2D eigenvalue weighted by molar-refractivity contribution is -0.118. The molecule has 8 nitrogen and oxygen atoms in total. The molecule has 1 N–H and O–H groups in total. The van der Waals surface area contributed by atoms with Crippen molar-refractivity contribution in [1.29, 1.82) is 0 Å². The standard InChI is InChI=1S/C25H26N4O4/c1-15-13-22(30)28(25-23(15)16(2)27-29(25)19-9-7-6-8-10-19)17(3)24(31)26-18-11-12-20(32-4)21(14-18)33-5/h6-14,17H,1-5H3,(H,26,31). The van der Waals surface area contributed by atoms with E-state index >= 15 is 0 Å². The van der Waals surface area contributed by atoms with Crippen molar-refractivity contribution >= 4 is 22.6 Å². The number of carbonyl (C=O) groups excluding carboxylic acids is 1. The number of carbonyl (C=O) groups is 1. The number of pyridine rings is 1. The highest BCUT2D eigenvalue weighted by Gasteiger charge is 2.24. The summed E-state index contributed by atoms with van der Waals surface area (Å²) in [5.41, 5.74) is 3.26. The van der Waals surface area contributed by atoms with Gasteiger partial charge in [0.15, 0.2) is 11.5 Å². The zero-order valence-corrected chi connectivity index (χ0v) is 19.2. The van der Waals surface area contributed by atoms with E-state index in [1.807, 2.05) is 44.2 Å². The molecule has 2 aromatic heterocycles. The van der Waals surface area contributed by atoms with Crippen LogP contribution in [0.25, 0.3) is 16.7 Å². The number of aromatic nitrogens is 3. The predicted octanol–water partition coefficient (Wildman–Crippen LogP) is 4.02. The molecule has 0 saturated carbocycles. The minimum Gasteiger partial charge on any atom is -0.493 e. The molecule has 2 heterocycles. The van der Waals surface area contributed by atoms with Crippen molar-refractivity contribution in [2.24, 2.45) is 0 Å². The van der Waals surface area contributed by atoms with Gasteiger partial charge in [-0.1, -0.05) is 18.2 Å². The number of nitrogens with zero attached hydrogens (tertiary/aromatic N) is 3. The average Bonchev–Trinajstić information content (AvgIpc) is 3.16. The van der Waals surface area contributed by atoms with E-state index in [0.717, 1.165) is 22.3 Å². The van der Waals surface area contributed by atoms with Gasteiger partial charge in [-0.2, -0.15) is 5.10 Å². The number of nitrogens with one attached hydrogen (secondary N) is 1. The van der Waals surface area contributed by atoms with Gasteiger partial charge in [0, 0.05) is 23.2 Å². The molecule has 0 saturated heterocycles. The molecule has 0 spiro atoms. The Hall–Kier alpha value is -4.07. The highest BCUT2D eigenvalue weighted by molar-refractivity contribution is 5.95. The number of aryl methyl sites for hydroxylation is 2. The van der Waals surface area contributed by atoms with Crippen LogP contribution in [0.15, 0.2) is 59.4 Å². The largest absolute Gasteiger partial charge is 0.493 e. The van der Waals surface area contributed by atoms with Crippen molar-refractivity contribution in [1.82, 2.24) is 14.3 Å². The maximum Gasteiger partial charge on any atom is 0.253 e. The number of fused-ring (bicyclic) bond motifs is 1. The Morgan fingerprint density at radius 2 is 1.70 bits per heavy atom. The minimum atomic E-state index is -0.799. The van der Waals surface area contributed by atoms with Gasteiger partial charge in [-0.15, -0.1) is 0 Å². The summed E-state index contributed by atoms with van der Waals surface area (Å²) >= 11 is 0. The molecule has 0 aliphatic carbocycles. The third kappa shape index (κ3) is 3.95. The smallest absolute Gasteiger partial charge is 0.253 e. The van der Waals surface area contributed by atoms with Crippen LogP contribution in [-0.4, -0.2) is 34.5 Å². The number of rotatable bonds is 6. The zero-order chi connectivity index (χ0) is 23.7.